The van der Waals surface area contributed by atoms with E-state index in [1.54, 1.807) is 6.20 Å². The lowest BCUT2D eigenvalue weighted by molar-refractivity contribution is 1.31. The number of nitrogens with two attached hydrogens (primary N) is 1. The number of aromatic nitrogens is 1. The van der Waals surface area contributed by atoms with Crippen molar-refractivity contribution in [2.75, 3.05) is 11.2 Å². The number of nitrogen functional groups attached to an aromatic ring is 1. The predicted octanol–water partition coefficient (Wildman–Crippen LogP) is 4.31. The summed E-state index contributed by atoms with van der Waals surface area (Å²) < 4.78 is 0. The molecule has 0 bridgehead atoms. The minimum Gasteiger partial charge on any atom is -0.399 e. The molecule has 0 saturated carbocycles. The van der Waals surface area contributed by atoms with Gasteiger partial charge in [0.2, 0.25) is 0 Å². The largest absolute Gasteiger partial charge is 0.399 e. The van der Waals surface area contributed by atoms with Crippen LogP contribution in [0.25, 0.3) is 10.9 Å². The number of pyridine rings is 1. The average Bonchev–Trinajstić information content (AvgIpc) is 2.52. The van der Waals surface area contributed by atoms with Gasteiger partial charge in [0, 0.05) is 22.3 Å². The molecular formula is C17H15ClN4. The summed E-state index contributed by atoms with van der Waals surface area (Å²) in [7, 11) is 0. The van der Waals surface area contributed by atoms with Crippen LogP contribution < -0.4 is 11.2 Å². The Hall–Kier alpha value is -2.59. The molecule has 0 unspecified atom stereocenters. The van der Waals surface area contributed by atoms with E-state index in [9.17, 15) is 0 Å². The van der Waals surface area contributed by atoms with Crippen molar-refractivity contribution in [3.05, 3.63) is 65.3 Å². The Balaban J connectivity index is 1.90. The second-order valence-electron chi connectivity index (χ2n) is 4.95. The lowest BCUT2D eigenvalue weighted by Crippen LogP contribution is -2.00. The van der Waals surface area contributed by atoms with Crippen LogP contribution in [0.5, 0.6) is 0 Å². The summed E-state index contributed by atoms with van der Waals surface area (Å²) in [5.41, 5.74) is 13.1. The number of fused-ring (bicyclic) bond motifs is 1. The highest BCUT2D eigenvalue weighted by Gasteiger charge is 2.03. The Morgan fingerprint density at radius 3 is 2.68 bits per heavy atom. The van der Waals surface area contributed by atoms with Crippen molar-refractivity contribution < 1.29 is 0 Å². The Morgan fingerprint density at radius 2 is 1.91 bits per heavy atom. The van der Waals surface area contributed by atoms with E-state index in [0.29, 0.717) is 5.02 Å². The topological polar surface area (TPSA) is 63.3 Å². The molecule has 1 heterocycles. The molecule has 3 N–H and O–H groups in total. The van der Waals surface area contributed by atoms with Gasteiger partial charge in [0.05, 0.1) is 16.9 Å². The van der Waals surface area contributed by atoms with E-state index >= 15 is 0 Å². The third-order valence-corrected chi connectivity index (χ3v) is 3.61. The Bertz CT molecular complexity index is 841. The summed E-state index contributed by atoms with van der Waals surface area (Å²) in [5, 5.41) is 6.07. The van der Waals surface area contributed by atoms with Gasteiger partial charge in [0.1, 0.15) is 0 Å². The van der Waals surface area contributed by atoms with Crippen LogP contribution in [0.4, 0.5) is 11.4 Å². The second kappa shape index (κ2) is 6.03. The van der Waals surface area contributed by atoms with Gasteiger partial charge in [-0.25, -0.2) is 0 Å². The lowest BCUT2D eigenvalue weighted by atomic mass is 10.1. The molecule has 0 saturated heterocycles. The first-order valence-corrected chi connectivity index (χ1v) is 7.22. The van der Waals surface area contributed by atoms with Gasteiger partial charge in [0.15, 0.2) is 0 Å². The number of rotatable bonds is 3. The highest BCUT2D eigenvalue weighted by atomic mass is 35.5. The number of nitrogens with one attached hydrogen (secondary N) is 1. The van der Waals surface area contributed by atoms with Gasteiger partial charge < -0.3 is 5.73 Å². The lowest BCUT2D eigenvalue weighted by Gasteiger charge is -2.07. The minimum absolute atomic E-state index is 0.665. The molecule has 5 heteroatoms. The maximum atomic E-state index is 5.99. The fourth-order valence-electron chi connectivity index (χ4n) is 2.15. The Labute approximate surface area is 133 Å². The molecule has 0 radical (unpaired) electrons. The first-order chi connectivity index (χ1) is 10.6. The van der Waals surface area contributed by atoms with Crippen LogP contribution in [0.3, 0.4) is 0 Å². The molecule has 0 aliphatic carbocycles. The zero-order chi connectivity index (χ0) is 15.5. The SMILES string of the molecule is CC(=NNc1ccnc2cc(Cl)ccc12)c1ccc(N)cc1. The first-order valence-electron chi connectivity index (χ1n) is 6.84. The van der Waals surface area contributed by atoms with Crippen molar-refractivity contribution >= 4 is 39.6 Å². The number of hydrogen-bond donors (Lipinski definition) is 2. The van der Waals surface area contributed by atoms with Crippen LogP contribution in [-0.4, -0.2) is 10.7 Å². The summed E-state index contributed by atoms with van der Waals surface area (Å²) in [4.78, 5) is 4.31. The van der Waals surface area contributed by atoms with Gasteiger partial charge >= 0.3 is 0 Å². The molecule has 0 aliphatic heterocycles. The third-order valence-electron chi connectivity index (χ3n) is 3.38. The molecule has 0 amide bonds. The van der Waals surface area contributed by atoms with Gasteiger partial charge in [0.25, 0.3) is 0 Å². The molecule has 110 valence electrons. The summed E-state index contributed by atoms with van der Waals surface area (Å²) in [6, 6.07) is 15.1. The van der Waals surface area contributed by atoms with Gasteiger partial charge in [-0.3, -0.25) is 10.4 Å². The minimum atomic E-state index is 0.665. The number of halogens is 1. The number of nitrogens with zero attached hydrogens (tertiary/aromatic N) is 2. The molecule has 4 nitrogen and oxygen atoms in total. The van der Waals surface area contributed by atoms with Crippen molar-refractivity contribution in [3.8, 4) is 0 Å². The molecule has 3 aromatic rings. The number of hydrazone groups is 1. The van der Waals surface area contributed by atoms with Gasteiger partial charge in [-0.15, -0.1) is 0 Å². The number of hydrogen-bond acceptors (Lipinski definition) is 4. The quantitative estimate of drug-likeness (QED) is 0.430. The van der Waals surface area contributed by atoms with Crippen LogP contribution in [0.15, 0.2) is 59.8 Å². The Morgan fingerprint density at radius 1 is 1.14 bits per heavy atom. The standard InChI is InChI=1S/C17H15ClN4/c1-11(12-2-5-14(19)6-3-12)21-22-16-8-9-20-17-10-13(18)4-7-15(16)17/h2-10H,19H2,1H3,(H,20,22). The third kappa shape index (κ3) is 3.02. The van der Waals surface area contributed by atoms with E-state index in [2.05, 4.69) is 15.5 Å². The van der Waals surface area contributed by atoms with Crippen molar-refractivity contribution in [3.63, 3.8) is 0 Å². The van der Waals surface area contributed by atoms with Crippen molar-refractivity contribution in [2.24, 2.45) is 5.10 Å². The van der Waals surface area contributed by atoms with E-state index < -0.39 is 0 Å². The Kier molecular flexibility index (Phi) is 3.94. The van der Waals surface area contributed by atoms with E-state index in [4.69, 9.17) is 17.3 Å². The average molecular weight is 311 g/mol. The van der Waals surface area contributed by atoms with Crippen LogP contribution in [0, 0.1) is 0 Å². The highest BCUT2D eigenvalue weighted by Crippen LogP contribution is 2.24. The van der Waals surface area contributed by atoms with Crippen LogP contribution in [-0.2, 0) is 0 Å². The molecule has 3 rings (SSSR count). The summed E-state index contributed by atoms with van der Waals surface area (Å²) >= 11 is 5.99. The maximum Gasteiger partial charge on any atom is 0.0738 e. The van der Waals surface area contributed by atoms with Crippen LogP contribution in [0.2, 0.25) is 5.02 Å². The first kappa shape index (κ1) is 14.4. The predicted molar refractivity (Wildman–Crippen MR) is 93.4 cm³/mol. The van der Waals surface area contributed by atoms with E-state index in [-0.39, 0.29) is 0 Å². The van der Waals surface area contributed by atoms with Gasteiger partial charge in [-0.2, -0.15) is 5.10 Å². The molecule has 22 heavy (non-hydrogen) atoms. The van der Waals surface area contributed by atoms with Crippen molar-refractivity contribution in [2.45, 2.75) is 6.92 Å². The van der Waals surface area contributed by atoms with Crippen molar-refractivity contribution in [1.29, 1.82) is 0 Å². The van der Waals surface area contributed by atoms with Crippen molar-refractivity contribution in [1.82, 2.24) is 4.98 Å². The smallest absolute Gasteiger partial charge is 0.0738 e. The summed E-state index contributed by atoms with van der Waals surface area (Å²) in [6.45, 7) is 1.94. The molecule has 0 spiro atoms. The number of benzene rings is 2. The van der Waals surface area contributed by atoms with Crippen LogP contribution in [0.1, 0.15) is 12.5 Å². The maximum absolute atomic E-state index is 5.99. The fourth-order valence-corrected chi connectivity index (χ4v) is 2.32. The van der Waals surface area contributed by atoms with E-state index in [1.165, 1.54) is 0 Å². The fraction of sp³-hybridized carbons (Fsp3) is 0.0588. The molecular weight excluding hydrogens is 296 g/mol. The molecule has 1 aromatic heterocycles. The molecule has 2 aromatic carbocycles. The second-order valence-corrected chi connectivity index (χ2v) is 5.39. The zero-order valence-corrected chi connectivity index (χ0v) is 12.8. The highest BCUT2D eigenvalue weighted by molar-refractivity contribution is 6.31. The van der Waals surface area contributed by atoms with E-state index in [0.717, 1.165) is 33.6 Å². The van der Waals surface area contributed by atoms with Crippen LogP contribution >= 0.6 is 11.6 Å². The molecule has 0 atom stereocenters. The molecule has 0 aliphatic rings. The number of anilines is 2. The monoisotopic (exact) mass is 310 g/mol. The zero-order valence-electron chi connectivity index (χ0n) is 12.0. The molecule has 0 fully saturated rings. The summed E-state index contributed by atoms with van der Waals surface area (Å²) in [5.74, 6) is 0. The normalized spacial score (nSPS) is 11.6. The van der Waals surface area contributed by atoms with Gasteiger partial charge in [-0.1, -0.05) is 23.7 Å². The van der Waals surface area contributed by atoms with Gasteiger partial charge in [-0.05, 0) is 48.9 Å². The summed E-state index contributed by atoms with van der Waals surface area (Å²) in [6.07, 6.45) is 1.73. The van der Waals surface area contributed by atoms with E-state index in [1.807, 2.05) is 55.5 Å².